The molecule has 0 saturated heterocycles. The molecule has 116 valence electrons. The number of carboxylic acid groups (broad SMARTS) is 1. The average molecular weight is 296 g/mol. The molecule has 0 aliphatic heterocycles. The van der Waals surface area contributed by atoms with Crippen LogP contribution in [-0.4, -0.2) is 29.7 Å². The highest BCUT2D eigenvalue weighted by Gasteiger charge is 2.19. The molecule has 0 atom stereocenters. The average Bonchev–Trinajstić information content (AvgIpc) is 2.45. The molecule has 1 aromatic carbocycles. The van der Waals surface area contributed by atoms with E-state index in [-0.39, 0.29) is 17.9 Å². The summed E-state index contributed by atoms with van der Waals surface area (Å²) in [4.78, 5) is 21.0. The van der Waals surface area contributed by atoms with Gasteiger partial charge >= 0.3 is 11.7 Å². The molecule has 0 fully saturated rings. The molecule has 2 N–H and O–H groups in total. The smallest absolute Gasteiger partial charge is 0.333 e. The minimum Gasteiger partial charge on any atom is -0.490 e. The van der Waals surface area contributed by atoms with Gasteiger partial charge in [0, 0.05) is 13.0 Å². The molecule has 0 bridgehead atoms. The summed E-state index contributed by atoms with van der Waals surface area (Å²) in [5, 5.41) is 22.6. The minimum atomic E-state index is -0.778. The van der Waals surface area contributed by atoms with Gasteiger partial charge in [-0.3, -0.25) is 14.9 Å². The Hall–Kier alpha value is -2.31. The van der Waals surface area contributed by atoms with Crippen molar-refractivity contribution in [1.82, 2.24) is 0 Å². The van der Waals surface area contributed by atoms with E-state index >= 15 is 0 Å². The van der Waals surface area contributed by atoms with Crippen LogP contribution in [0, 0.1) is 10.1 Å². The van der Waals surface area contributed by atoms with E-state index in [4.69, 9.17) is 9.84 Å². The summed E-state index contributed by atoms with van der Waals surface area (Å²) in [6, 6.07) is 4.89. The van der Waals surface area contributed by atoms with E-state index in [9.17, 15) is 14.9 Å². The van der Waals surface area contributed by atoms with Crippen molar-refractivity contribution in [3.8, 4) is 5.75 Å². The van der Waals surface area contributed by atoms with Crippen LogP contribution < -0.4 is 10.1 Å². The first-order valence-corrected chi connectivity index (χ1v) is 6.83. The van der Waals surface area contributed by atoms with Crippen LogP contribution in [0.3, 0.4) is 0 Å². The molecule has 0 amide bonds. The lowest BCUT2D eigenvalue weighted by Gasteiger charge is -2.09. The summed E-state index contributed by atoms with van der Waals surface area (Å²) in [5.41, 5.74) is 0.371. The van der Waals surface area contributed by atoms with Gasteiger partial charge in [-0.1, -0.05) is 18.9 Å². The largest absolute Gasteiger partial charge is 0.490 e. The van der Waals surface area contributed by atoms with Gasteiger partial charge in [-0.25, -0.2) is 0 Å². The van der Waals surface area contributed by atoms with E-state index < -0.39 is 10.9 Å². The van der Waals surface area contributed by atoms with E-state index in [2.05, 4.69) is 5.32 Å². The number of hydrogen-bond donors (Lipinski definition) is 2. The lowest BCUT2D eigenvalue weighted by molar-refractivity contribution is -0.384. The Labute approximate surface area is 123 Å². The van der Waals surface area contributed by atoms with Crippen LogP contribution in [-0.2, 0) is 4.79 Å². The zero-order valence-corrected chi connectivity index (χ0v) is 12.0. The Bertz CT molecular complexity index is 490. The van der Waals surface area contributed by atoms with E-state index in [0.717, 1.165) is 19.3 Å². The van der Waals surface area contributed by atoms with Crippen LogP contribution in [0.1, 0.15) is 32.1 Å². The summed E-state index contributed by atoms with van der Waals surface area (Å²) < 4.78 is 4.99. The predicted octanol–water partition coefficient (Wildman–Crippen LogP) is 3.05. The molecule has 0 radical (unpaired) electrons. The van der Waals surface area contributed by atoms with Gasteiger partial charge in [-0.15, -0.1) is 0 Å². The summed E-state index contributed by atoms with van der Waals surface area (Å²) in [5.74, 6) is -0.549. The van der Waals surface area contributed by atoms with Gasteiger partial charge in [0.25, 0.3) is 0 Å². The Morgan fingerprint density at radius 2 is 2.05 bits per heavy atom. The number of nitrogens with one attached hydrogen (secondary N) is 1. The second-order valence-electron chi connectivity index (χ2n) is 4.60. The van der Waals surface area contributed by atoms with E-state index in [1.165, 1.54) is 7.11 Å². The van der Waals surface area contributed by atoms with Crippen molar-refractivity contribution in [2.24, 2.45) is 0 Å². The summed E-state index contributed by atoms with van der Waals surface area (Å²) in [6.45, 7) is 0.598. The van der Waals surface area contributed by atoms with Crippen LogP contribution in [0.4, 0.5) is 11.4 Å². The van der Waals surface area contributed by atoms with Crippen molar-refractivity contribution in [1.29, 1.82) is 0 Å². The monoisotopic (exact) mass is 296 g/mol. The predicted molar refractivity (Wildman–Crippen MR) is 78.9 cm³/mol. The first-order chi connectivity index (χ1) is 10.1. The van der Waals surface area contributed by atoms with Gasteiger partial charge in [0.15, 0.2) is 5.75 Å². The molecular formula is C14H20N2O5. The molecule has 1 rings (SSSR count). The first-order valence-electron chi connectivity index (χ1n) is 6.83. The maximum Gasteiger partial charge on any atom is 0.333 e. The molecule has 7 nitrogen and oxygen atoms in total. The third-order valence-corrected chi connectivity index (χ3v) is 3.03. The number of benzene rings is 1. The van der Waals surface area contributed by atoms with E-state index in [0.29, 0.717) is 18.7 Å². The van der Waals surface area contributed by atoms with Crippen molar-refractivity contribution in [3.63, 3.8) is 0 Å². The maximum absolute atomic E-state index is 11.1. The zero-order valence-electron chi connectivity index (χ0n) is 12.0. The maximum atomic E-state index is 11.1. The quantitative estimate of drug-likeness (QED) is 0.391. The van der Waals surface area contributed by atoms with Crippen molar-refractivity contribution in [2.75, 3.05) is 19.0 Å². The van der Waals surface area contributed by atoms with Gasteiger partial charge in [-0.05, 0) is 25.0 Å². The Morgan fingerprint density at radius 1 is 1.33 bits per heavy atom. The number of nitro benzene ring substituents is 1. The fourth-order valence-electron chi connectivity index (χ4n) is 2.00. The van der Waals surface area contributed by atoms with Crippen molar-refractivity contribution >= 4 is 17.3 Å². The number of methoxy groups -OCH3 is 1. The van der Waals surface area contributed by atoms with Gasteiger partial charge in [0.05, 0.1) is 12.0 Å². The summed E-state index contributed by atoms with van der Waals surface area (Å²) >= 11 is 0. The Morgan fingerprint density at radius 3 is 2.67 bits per heavy atom. The third kappa shape index (κ3) is 5.68. The van der Waals surface area contributed by atoms with Crippen molar-refractivity contribution < 1.29 is 19.6 Å². The first kappa shape index (κ1) is 16.7. The minimum absolute atomic E-state index is 0.0640. The molecule has 0 aliphatic carbocycles. The molecular weight excluding hydrogens is 276 g/mol. The third-order valence-electron chi connectivity index (χ3n) is 3.03. The van der Waals surface area contributed by atoms with Crippen LogP contribution >= 0.6 is 0 Å². The number of hydrogen-bond acceptors (Lipinski definition) is 5. The van der Waals surface area contributed by atoms with Gasteiger partial charge in [-0.2, -0.15) is 0 Å². The van der Waals surface area contributed by atoms with E-state index in [1.807, 2.05) is 0 Å². The number of unbranched alkanes of at least 4 members (excludes halogenated alkanes) is 3. The molecule has 0 aliphatic rings. The highest BCUT2D eigenvalue weighted by molar-refractivity contribution is 5.68. The van der Waals surface area contributed by atoms with E-state index in [1.54, 1.807) is 18.2 Å². The van der Waals surface area contributed by atoms with Crippen LogP contribution in [0.15, 0.2) is 18.2 Å². The van der Waals surface area contributed by atoms with Crippen molar-refractivity contribution in [3.05, 3.63) is 28.3 Å². The molecule has 0 unspecified atom stereocenters. The van der Waals surface area contributed by atoms with Crippen LogP contribution in [0.25, 0.3) is 0 Å². The number of anilines is 1. The number of para-hydroxylation sites is 1. The summed E-state index contributed by atoms with van der Waals surface area (Å²) in [6.07, 6.45) is 3.41. The molecule has 21 heavy (non-hydrogen) atoms. The number of ether oxygens (including phenoxy) is 1. The molecule has 7 heteroatoms. The molecule has 0 saturated carbocycles. The zero-order chi connectivity index (χ0) is 15.7. The highest BCUT2D eigenvalue weighted by atomic mass is 16.6. The molecule has 0 aromatic heterocycles. The number of aliphatic carboxylic acids is 1. The number of carbonyl (C=O) groups is 1. The van der Waals surface area contributed by atoms with Gasteiger partial charge < -0.3 is 15.2 Å². The lowest BCUT2D eigenvalue weighted by Crippen LogP contribution is -2.05. The topological polar surface area (TPSA) is 102 Å². The fourth-order valence-corrected chi connectivity index (χ4v) is 2.00. The highest BCUT2D eigenvalue weighted by Crippen LogP contribution is 2.34. The van der Waals surface area contributed by atoms with Crippen molar-refractivity contribution in [2.45, 2.75) is 32.1 Å². The fraction of sp³-hybridized carbons (Fsp3) is 0.500. The number of carboxylic acids is 1. The molecule has 1 aromatic rings. The van der Waals surface area contributed by atoms with Gasteiger partial charge in [0.1, 0.15) is 5.69 Å². The van der Waals surface area contributed by atoms with Gasteiger partial charge in [0.2, 0.25) is 0 Å². The number of rotatable bonds is 10. The van der Waals surface area contributed by atoms with Crippen LogP contribution in [0.2, 0.25) is 0 Å². The molecule has 0 heterocycles. The second-order valence-corrected chi connectivity index (χ2v) is 4.60. The summed E-state index contributed by atoms with van der Waals surface area (Å²) in [7, 11) is 1.40. The standard InChI is InChI=1S/C14H20N2O5/c1-21-12-8-6-7-11(14(12)16(19)20)15-10-5-3-2-4-9-13(17)18/h6-8,15H,2-5,9-10H2,1H3,(H,17,18). The lowest BCUT2D eigenvalue weighted by atomic mass is 10.1. The Balaban J connectivity index is 2.42. The Kier molecular flexibility index (Phi) is 7.00. The SMILES string of the molecule is COc1cccc(NCCCCCCC(=O)O)c1[N+](=O)[O-]. The van der Waals surface area contributed by atoms with Crippen LogP contribution in [0.5, 0.6) is 5.75 Å². The normalized spacial score (nSPS) is 10.1. The number of nitro groups is 1. The molecule has 0 spiro atoms. The second kappa shape index (κ2) is 8.78. The number of nitrogens with zero attached hydrogens (tertiary/aromatic N) is 1.